The molecule has 11 heteroatoms. The molecule has 0 amide bonds. The fourth-order valence-corrected chi connectivity index (χ4v) is 2.47. The van der Waals surface area contributed by atoms with Crippen LogP contribution in [0.3, 0.4) is 0 Å². The number of aromatic nitrogens is 2. The molecule has 1 heterocycles. The molecule has 0 radical (unpaired) electrons. The predicted octanol–water partition coefficient (Wildman–Crippen LogP) is 2.29. The zero-order chi connectivity index (χ0) is 20.5. The number of H-pyrrole nitrogens is 1. The summed E-state index contributed by atoms with van der Waals surface area (Å²) in [7, 11) is 1.27. The lowest BCUT2D eigenvalue weighted by Crippen LogP contribution is -2.23. The van der Waals surface area contributed by atoms with E-state index in [1.807, 2.05) is 0 Å². The first-order valence-electron chi connectivity index (χ1n) is 8.15. The molecule has 1 aromatic heterocycles. The number of ether oxygens (including phenoxy) is 2. The van der Waals surface area contributed by atoms with Crippen LogP contribution in [0.2, 0.25) is 10.0 Å². The molecule has 150 valence electrons. The molecule has 4 N–H and O–H groups in total. The molecule has 0 unspecified atom stereocenters. The Balaban J connectivity index is 1.98. The van der Waals surface area contributed by atoms with Crippen LogP contribution < -0.4 is 16.2 Å². The molecule has 0 saturated carbocycles. The first-order valence-corrected chi connectivity index (χ1v) is 8.91. The number of esters is 1. The van der Waals surface area contributed by atoms with Crippen LogP contribution in [0, 0.1) is 5.41 Å². The van der Waals surface area contributed by atoms with Gasteiger partial charge in [-0.3, -0.25) is 9.78 Å². The lowest BCUT2D eigenvalue weighted by molar-refractivity contribution is -0.145. The number of benzene rings is 1. The third-order valence-electron chi connectivity index (χ3n) is 3.52. The van der Waals surface area contributed by atoms with Gasteiger partial charge < -0.3 is 25.5 Å². The minimum Gasteiger partial charge on any atom is -0.467 e. The smallest absolute Gasteiger partial charge is 0.331 e. The number of hydrogen-bond donors (Lipinski definition) is 4. The molecule has 2 rings (SSSR count). The molecule has 0 saturated heterocycles. The summed E-state index contributed by atoms with van der Waals surface area (Å²) >= 11 is 11.9. The number of carbonyl (C=O) groups is 1. The summed E-state index contributed by atoms with van der Waals surface area (Å²) in [5, 5.41) is 14.2. The van der Waals surface area contributed by atoms with Crippen LogP contribution >= 0.6 is 23.2 Å². The summed E-state index contributed by atoms with van der Waals surface area (Å²) in [4.78, 5) is 30.0. The summed E-state index contributed by atoms with van der Waals surface area (Å²) in [6.45, 7) is 0.592. The van der Waals surface area contributed by atoms with Crippen molar-refractivity contribution < 1.29 is 14.3 Å². The number of nitrogens with one attached hydrogen (secondary N) is 4. The third kappa shape index (κ3) is 6.22. The zero-order valence-electron chi connectivity index (χ0n) is 15.0. The van der Waals surface area contributed by atoms with Crippen LogP contribution in [-0.2, 0) is 20.8 Å². The van der Waals surface area contributed by atoms with E-state index in [-0.39, 0.29) is 37.1 Å². The molecule has 0 aliphatic rings. The molecule has 28 heavy (non-hydrogen) atoms. The topological polar surface area (TPSA) is 129 Å². The van der Waals surface area contributed by atoms with E-state index in [2.05, 4.69) is 25.3 Å². The van der Waals surface area contributed by atoms with Crippen LogP contribution in [0.15, 0.2) is 23.0 Å². The van der Waals surface area contributed by atoms with Crippen molar-refractivity contribution in [2.75, 3.05) is 37.5 Å². The van der Waals surface area contributed by atoms with Crippen LogP contribution in [0.25, 0.3) is 0 Å². The second kappa shape index (κ2) is 10.6. The van der Waals surface area contributed by atoms with Gasteiger partial charge >= 0.3 is 5.97 Å². The number of anilines is 2. The standard InChI is InChI=1S/C17H19Cl2N5O4/c1-27-14(25)9-28-5-4-21-15-13(7-20)23-17(24-16(15)26)22-8-10-2-3-11(18)12(19)6-10/h2-3,6-7,20-21H,4-5,8-9H2,1H3,(H2,22,23,24,26). The predicted molar refractivity (Wildman–Crippen MR) is 108 cm³/mol. The van der Waals surface area contributed by atoms with Crippen molar-refractivity contribution >= 4 is 47.0 Å². The summed E-state index contributed by atoms with van der Waals surface area (Å²) < 4.78 is 9.54. The van der Waals surface area contributed by atoms with E-state index in [1.165, 1.54) is 7.11 Å². The first-order chi connectivity index (χ1) is 13.4. The van der Waals surface area contributed by atoms with Crippen LogP contribution in [0.5, 0.6) is 0 Å². The van der Waals surface area contributed by atoms with Gasteiger partial charge in [0.05, 0.1) is 23.8 Å². The summed E-state index contributed by atoms with van der Waals surface area (Å²) in [5.41, 5.74) is 0.696. The molecule has 0 aliphatic carbocycles. The maximum atomic E-state index is 12.3. The maximum absolute atomic E-state index is 12.3. The van der Waals surface area contributed by atoms with Gasteiger partial charge in [-0.25, -0.2) is 9.78 Å². The number of nitrogens with zero attached hydrogens (tertiary/aromatic N) is 1. The van der Waals surface area contributed by atoms with E-state index >= 15 is 0 Å². The Kier molecular flexibility index (Phi) is 8.24. The highest BCUT2D eigenvalue weighted by atomic mass is 35.5. The fraction of sp³-hybridized carbons (Fsp3) is 0.294. The average molecular weight is 428 g/mol. The van der Waals surface area contributed by atoms with Crippen LogP contribution in [0.4, 0.5) is 11.6 Å². The molecule has 0 bridgehead atoms. The maximum Gasteiger partial charge on any atom is 0.331 e. The Hall–Kier alpha value is -2.62. The highest BCUT2D eigenvalue weighted by Crippen LogP contribution is 2.22. The van der Waals surface area contributed by atoms with Crippen molar-refractivity contribution in [1.82, 2.24) is 9.97 Å². The van der Waals surface area contributed by atoms with E-state index in [1.54, 1.807) is 18.2 Å². The molecule has 0 aliphatic heterocycles. The van der Waals surface area contributed by atoms with Crippen LogP contribution in [-0.4, -0.2) is 49.0 Å². The summed E-state index contributed by atoms with van der Waals surface area (Å²) in [6.07, 6.45) is 0.969. The Labute approximate surface area is 170 Å². The average Bonchev–Trinajstić information content (AvgIpc) is 2.69. The van der Waals surface area contributed by atoms with Gasteiger partial charge in [0.2, 0.25) is 5.95 Å². The van der Waals surface area contributed by atoms with E-state index in [4.69, 9.17) is 33.3 Å². The normalized spacial score (nSPS) is 10.4. The van der Waals surface area contributed by atoms with Gasteiger partial charge in [0, 0.05) is 19.3 Å². The quantitative estimate of drug-likeness (QED) is 0.260. The molecular formula is C17H19Cl2N5O4. The number of halogens is 2. The van der Waals surface area contributed by atoms with Gasteiger partial charge in [-0.15, -0.1) is 0 Å². The highest BCUT2D eigenvalue weighted by Gasteiger charge is 2.10. The molecular weight excluding hydrogens is 409 g/mol. The lowest BCUT2D eigenvalue weighted by Gasteiger charge is -2.11. The van der Waals surface area contributed by atoms with Crippen molar-refractivity contribution in [3.8, 4) is 0 Å². The molecule has 0 fully saturated rings. The largest absolute Gasteiger partial charge is 0.467 e. The van der Waals surface area contributed by atoms with Gasteiger partial charge in [-0.2, -0.15) is 0 Å². The van der Waals surface area contributed by atoms with E-state index in [9.17, 15) is 9.59 Å². The van der Waals surface area contributed by atoms with Crippen molar-refractivity contribution in [2.24, 2.45) is 0 Å². The van der Waals surface area contributed by atoms with Gasteiger partial charge in [-0.05, 0) is 17.7 Å². The van der Waals surface area contributed by atoms with Crippen LogP contribution in [0.1, 0.15) is 11.3 Å². The Morgan fingerprint density at radius 2 is 2.11 bits per heavy atom. The van der Waals surface area contributed by atoms with Crippen molar-refractivity contribution in [3.63, 3.8) is 0 Å². The molecule has 0 atom stereocenters. The van der Waals surface area contributed by atoms with Gasteiger partial charge in [-0.1, -0.05) is 29.3 Å². The number of rotatable bonds is 10. The molecule has 1 aromatic carbocycles. The lowest BCUT2D eigenvalue weighted by atomic mass is 10.2. The Morgan fingerprint density at radius 1 is 1.32 bits per heavy atom. The minimum absolute atomic E-state index is 0.136. The molecule has 0 spiro atoms. The van der Waals surface area contributed by atoms with E-state index in [0.29, 0.717) is 16.6 Å². The van der Waals surface area contributed by atoms with E-state index in [0.717, 1.165) is 11.8 Å². The monoisotopic (exact) mass is 427 g/mol. The Bertz CT molecular complexity index is 904. The second-order valence-corrected chi connectivity index (χ2v) is 6.29. The van der Waals surface area contributed by atoms with Crippen molar-refractivity contribution in [2.45, 2.75) is 6.54 Å². The van der Waals surface area contributed by atoms with E-state index < -0.39 is 11.5 Å². The van der Waals surface area contributed by atoms with Gasteiger partial charge in [0.1, 0.15) is 18.0 Å². The zero-order valence-corrected chi connectivity index (χ0v) is 16.5. The Morgan fingerprint density at radius 3 is 2.79 bits per heavy atom. The number of methoxy groups -OCH3 is 1. The molecule has 2 aromatic rings. The minimum atomic E-state index is -0.489. The summed E-state index contributed by atoms with van der Waals surface area (Å²) in [6, 6.07) is 5.17. The SMILES string of the molecule is COC(=O)COCCNc1c(C=N)nc(NCc2ccc(Cl)c(Cl)c2)[nH]c1=O. The van der Waals surface area contributed by atoms with Gasteiger partial charge in [0.15, 0.2) is 0 Å². The second-order valence-electron chi connectivity index (χ2n) is 5.48. The number of aromatic amines is 1. The number of hydrogen-bond acceptors (Lipinski definition) is 8. The fourth-order valence-electron chi connectivity index (χ4n) is 2.15. The third-order valence-corrected chi connectivity index (χ3v) is 4.26. The highest BCUT2D eigenvalue weighted by molar-refractivity contribution is 6.42. The number of carbonyl (C=O) groups excluding carboxylic acids is 1. The van der Waals surface area contributed by atoms with Crippen molar-refractivity contribution in [3.05, 3.63) is 49.9 Å². The van der Waals surface area contributed by atoms with Gasteiger partial charge in [0.25, 0.3) is 5.56 Å². The van der Waals surface area contributed by atoms with Crippen molar-refractivity contribution in [1.29, 1.82) is 5.41 Å². The first kappa shape index (κ1) is 21.7. The molecule has 9 nitrogen and oxygen atoms in total. The summed E-state index contributed by atoms with van der Waals surface area (Å²) in [5.74, 6) is -0.279.